The molecule has 1 aliphatic rings. The fraction of sp³-hybridized carbons (Fsp3) is 0.419. The van der Waals surface area contributed by atoms with E-state index < -0.39 is 10.0 Å². The number of anilines is 1. The first-order chi connectivity index (χ1) is 18.9. The van der Waals surface area contributed by atoms with Crippen molar-refractivity contribution in [3.8, 4) is 0 Å². The molecule has 2 aromatic carbocycles. The largest absolute Gasteiger partial charge is 0.330 e. The molecule has 0 aliphatic carbocycles. The highest BCUT2D eigenvalue weighted by Gasteiger charge is 2.35. The highest BCUT2D eigenvalue weighted by Crippen LogP contribution is 2.38. The van der Waals surface area contributed by atoms with Gasteiger partial charge < -0.3 is 10.2 Å². The van der Waals surface area contributed by atoms with Crippen LogP contribution in [0.2, 0.25) is 0 Å². The highest BCUT2D eigenvalue weighted by atomic mass is 32.2. The summed E-state index contributed by atoms with van der Waals surface area (Å²) in [5.41, 5.74) is 3.89. The van der Waals surface area contributed by atoms with E-state index in [1.165, 1.54) is 33.8 Å². The number of hydrogen-bond acceptors (Lipinski definition) is 5. The van der Waals surface area contributed by atoms with Crippen LogP contribution in [0, 0.1) is 0 Å². The first kappa shape index (κ1) is 30.0. The van der Waals surface area contributed by atoms with Crippen LogP contribution >= 0.6 is 11.3 Å². The molecule has 214 valence electrons. The van der Waals surface area contributed by atoms with Gasteiger partial charge in [0.05, 0.1) is 17.5 Å². The van der Waals surface area contributed by atoms with Crippen LogP contribution in [-0.2, 0) is 31.4 Å². The monoisotopic (exact) mass is 581 g/mol. The van der Waals surface area contributed by atoms with Gasteiger partial charge in [0.2, 0.25) is 21.8 Å². The van der Waals surface area contributed by atoms with Crippen LogP contribution in [0.4, 0.5) is 5.69 Å². The van der Waals surface area contributed by atoms with Crippen molar-refractivity contribution < 1.29 is 18.0 Å². The maximum Gasteiger partial charge on any atom is 0.243 e. The minimum absolute atomic E-state index is 0.0165. The van der Waals surface area contributed by atoms with Crippen molar-refractivity contribution in [1.29, 1.82) is 0 Å². The summed E-state index contributed by atoms with van der Waals surface area (Å²) in [7, 11) is -3.93. The van der Waals surface area contributed by atoms with Gasteiger partial charge in [-0.25, -0.2) is 8.42 Å². The van der Waals surface area contributed by atoms with Crippen molar-refractivity contribution in [2.75, 3.05) is 25.0 Å². The van der Waals surface area contributed by atoms with Crippen molar-refractivity contribution in [2.24, 2.45) is 0 Å². The molecule has 2 amide bonds. The van der Waals surface area contributed by atoms with Crippen LogP contribution in [0.3, 0.4) is 0 Å². The van der Waals surface area contributed by atoms with E-state index in [1.54, 1.807) is 23.5 Å². The summed E-state index contributed by atoms with van der Waals surface area (Å²) in [6.45, 7) is 10.5. The Balaban J connectivity index is 1.63. The number of fused-ring (bicyclic) bond motifs is 1. The van der Waals surface area contributed by atoms with Gasteiger partial charge in [-0.3, -0.25) is 9.59 Å². The Kier molecular flexibility index (Phi) is 9.17. The number of nitrogens with one attached hydrogen (secondary N) is 1. The number of unbranched alkanes of at least 4 members (excludes halogenated alkanes) is 1. The molecular formula is C31H39N3O4S2. The first-order valence-corrected chi connectivity index (χ1v) is 16.1. The van der Waals surface area contributed by atoms with Crippen LogP contribution < -0.4 is 5.32 Å². The molecule has 40 heavy (non-hydrogen) atoms. The van der Waals surface area contributed by atoms with E-state index in [2.05, 4.69) is 61.8 Å². The number of carbonyl (C=O) groups excluding carboxylic acids is 2. The lowest BCUT2D eigenvalue weighted by molar-refractivity contribution is -0.133. The Labute approximate surface area is 242 Å². The molecule has 0 radical (unpaired) electrons. The maximum atomic E-state index is 13.9. The molecular weight excluding hydrogens is 542 g/mol. The van der Waals surface area contributed by atoms with E-state index in [-0.39, 0.29) is 41.3 Å². The van der Waals surface area contributed by atoms with Gasteiger partial charge in [0.15, 0.2) is 0 Å². The SMILES string of the molecule is CCCCN(CC(=O)N1CCc2sccc2C1c1ccc(C(C)(C)C)cc1)S(=O)(=O)c1ccc(NC(C)=O)cc1. The summed E-state index contributed by atoms with van der Waals surface area (Å²) in [5, 5.41) is 4.72. The molecule has 7 nitrogen and oxygen atoms in total. The van der Waals surface area contributed by atoms with Crippen molar-refractivity contribution in [2.45, 2.75) is 70.2 Å². The number of hydrogen-bond donors (Lipinski definition) is 1. The number of sulfonamides is 1. The standard InChI is InChI=1S/C31H39N3O4S2/c1-6-7-18-33(40(37,38)26-14-12-25(13-15-26)32-22(2)35)21-29(36)34-19-16-28-27(17-20-39-28)30(34)23-8-10-24(11-9-23)31(3,4)5/h8-15,17,20,30H,6-7,16,18-19,21H2,1-5H3,(H,32,35). The molecule has 0 bridgehead atoms. The summed E-state index contributed by atoms with van der Waals surface area (Å²) < 4.78 is 28.7. The lowest BCUT2D eigenvalue weighted by atomic mass is 9.85. The van der Waals surface area contributed by atoms with E-state index in [1.807, 2.05) is 11.8 Å². The number of benzene rings is 2. The number of nitrogens with zero attached hydrogens (tertiary/aromatic N) is 2. The van der Waals surface area contributed by atoms with E-state index in [0.29, 0.717) is 18.7 Å². The lowest BCUT2D eigenvalue weighted by Gasteiger charge is -2.37. The Morgan fingerprint density at radius 3 is 2.33 bits per heavy atom. The second kappa shape index (κ2) is 12.2. The van der Waals surface area contributed by atoms with Gasteiger partial charge in [-0.15, -0.1) is 11.3 Å². The molecule has 9 heteroatoms. The number of amides is 2. The van der Waals surface area contributed by atoms with E-state index >= 15 is 0 Å². The van der Waals surface area contributed by atoms with Crippen LogP contribution in [-0.4, -0.2) is 49.1 Å². The molecule has 0 spiro atoms. The van der Waals surface area contributed by atoms with Gasteiger partial charge in [-0.05, 0) is 70.7 Å². The van der Waals surface area contributed by atoms with E-state index in [0.717, 1.165) is 24.0 Å². The third-order valence-corrected chi connectivity index (χ3v) is 10.1. The Hall–Kier alpha value is -3.01. The second-order valence-electron chi connectivity index (χ2n) is 11.3. The molecule has 1 aliphatic heterocycles. The second-order valence-corrected chi connectivity index (χ2v) is 14.2. The van der Waals surface area contributed by atoms with E-state index in [4.69, 9.17) is 0 Å². The number of rotatable bonds is 9. The summed E-state index contributed by atoms with van der Waals surface area (Å²) in [6, 6.07) is 16.4. The lowest BCUT2D eigenvalue weighted by Crippen LogP contribution is -2.47. The molecule has 3 aromatic rings. The summed E-state index contributed by atoms with van der Waals surface area (Å²) >= 11 is 1.71. The molecule has 0 fully saturated rings. The quantitative estimate of drug-likeness (QED) is 0.337. The Bertz CT molecular complexity index is 1440. The van der Waals surface area contributed by atoms with Crippen LogP contribution in [0.5, 0.6) is 0 Å². The van der Waals surface area contributed by atoms with Gasteiger partial charge in [0.25, 0.3) is 0 Å². The van der Waals surface area contributed by atoms with Gasteiger partial charge >= 0.3 is 0 Å². The van der Waals surface area contributed by atoms with Crippen molar-refractivity contribution in [3.63, 3.8) is 0 Å². The van der Waals surface area contributed by atoms with Gasteiger partial charge in [0, 0.05) is 30.6 Å². The summed E-state index contributed by atoms with van der Waals surface area (Å²) in [6.07, 6.45) is 2.19. The molecule has 4 rings (SSSR count). The fourth-order valence-corrected chi connectivity index (χ4v) is 7.36. The zero-order chi connectivity index (χ0) is 29.1. The molecule has 0 saturated heterocycles. The van der Waals surface area contributed by atoms with Crippen LogP contribution in [0.25, 0.3) is 0 Å². The average Bonchev–Trinajstić information content (AvgIpc) is 3.39. The fourth-order valence-electron chi connectivity index (χ4n) is 5.03. The molecule has 1 atom stereocenters. The van der Waals surface area contributed by atoms with Crippen molar-refractivity contribution in [1.82, 2.24) is 9.21 Å². The van der Waals surface area contributed by atoms with Gasteiger partial charge in [-0.1, -0.05) is 58.4 Å². The highest BCUT2D eigenvalue weighted by molar-refractivity contribution is 7.89. The summed E-state index contributed by atoms with van der Waals surface area (Å²) in [4.78, 5) is 28.5. The minimum atomic E-state index is -3.93. The van der Waals surface area contributed by atoms with Gasteiger partial charge in [0.1, 0.15) is 0 Å². The van der Waals surface area contributed by atoms with Crippen molar-refractivity contribution in [3.05, 3.63) is 81.5 Å². The first-order valence-electron chi connectivity index (χ1n) is 13.8. The van der Waals surface area contributed by atoms with Crippen LogP contribution in [0.15, 0.2) is 64.9 Å². The Morgan fingerprint density at radius 1 is 1.05 bits per heavy atom. The average molecular weight is 582 g/mol. The smallest absolute Gasteiger partial charge is 0.243 e. The van der Waals surface area contributed by atoms with E-state index in [9.17, 15) is 18.0 Å². The van der Waals surface area contributed by atoms with Crippen LogP contribution in [0.1, 0.15) is 75.1 Å². The zero-order valence-electron chi connectivity index (χ0n) is 23.9. The summed E-state index contributed by atoms with van der Waals surface area (Å²) in [5.74, 6) is -0.444. The topological polar surface area (TPSA) is 86.8 Å². The molecule has 1 aromatic heterocycles. The number of carbonyl (C=O) groups is 2. The molecule has 1 unspecified atom stereocenters. The third kappa shape index (κ3) is 6.65. The number of thiophene rings is 1. The van der Waals surface area contributed by atoms with Gasteiger partial charge in [-0.2, -0.15) is 4.31 Å². The van der Waals surface area contributed by atoms with Crippen molar-refractivity contribution >= 4 is 38.9 Å². The zero-order valence-corrected chi connectivity index (χ0v) is 25.6. The predicted molar refractivity (Wildman–Crippen MR) is 161 cm³/mol. The molecule has 2 heterocycles. The minimum Gasteiger partial charge on any atom is -0.330 e. The Morgan fingerprint density at radius 2 is 1.73 bits per heavy atom. The molecule has 1 N–H and O–H groups in total. The normalized spacial score (nSPS) is 15.7. The molecule has 0 saturated carbocycles. The third-order valence-electron chi connectivity index (χ3n) is 7.26. The maximum absolute atomic E-state index is 13.9. The predicted octanol–water partition coefficient (Wildman–Crippen LogP) is 5.97.